The molecule has 0 saturated carbocycles. The Morgan fingerprint density at radius 2 is 1.96 bits per heavy atom. The molecule has 1 amide bonds. The molecule has 0 heterocycles. The van der Waals surface area contributed by atoms with Crippen LogP contribution in [-0.4, -0.2) is 25.0 Å². The minimum Gasteiger partial charge on any atom is -0.467 e. The SMILES string of the molecule is C#CCCC[C@H](NC(=O)c1cccc2ccccc12)C(=O)OC. The second kappa shape index (κ2) is 8.00. The van der Waals surface area contributed by atoms with Crippen LogP contribution in [0.1, 0.15) is 29.6 Å². The van der Waals surface area contributed by atoms with E-state index >= 15 is 0 Å². The van der Waals surface area contributed by atoms with Crippen LogP contribution in [0.2, 0.25) is 0 Å². The van der Waals surface area contributed by atoms with Crippen molar-refractivity contribution in [2.45, 2.75) is 25.3 Å². The number of methoxy groups -OCH3 is 1. The van der Waals surface area contributed by atoms with Crippen molar-refractivity contribution in [2.75, 3.05) is 7.11 Å². The number of amides is 1. The first kappa shape index (κ1) is 16.6. The molecule has 4 heteroatoms. The Labute approximate surface area is 135 Å². The van der Waals surface area contributed by atoms with E-state index in [1.165, 1.54) is 7.11 Å². The van der Waals surface area contributed by atoms with E-state index in [4.69, 9.17) is 11.2 Å². The smallest absolute Gasteiger partial charge is 0.328 e. The van der Waals surface area contributed by atoms with Crippen molar-refractivity contribution in [2.24, 2.45) is 0 Å². The van der Waals surface area contributed by atoms with Crippen LogP contribution in [0.3, 0.4) is 0 Å². The topological polar surface area (TPSA) is 55.4 Å². The first-order valence-corrected chi connectivity index (χ1v) is 7.47. The molecular formula is C19H19NO3. The van der Waals surface area contributed by atoms with Gasteiger partial charge in [0, 0.05) is 12.0 Å². The van der Waals surface area contributed by atoms with Crippen LogP contribution in [0.4, 0.5) is 0 Å². The van der Waals surface area contributed by atoms with E-state index in [9.17, 15) is 9.59 Å². The Bertz CT molecular complexity index is 740. The standard InChI is InChI=1S/C19H19NO3/c1-3-4-5-13-17(19(22)23-2)20-18(21)16-12-8-10-14-9-6-7-11-15(14)16/h1,6-12,17H,4-5,13H2,2H3,(H,20,21)/t17-/m0/s1. The number of terminal acetylenes is 1. The molecule has 4 nitrogen and oxygen atoms in total. The predicted molar refractivity (Wildman–Crippen MR) is 89.9 cm³/mol. The molecule has 0 spiro atoms. The van der Waals surface area contributed by atoms with Gasteiger partial charge < -0.3 is 10.1 Å². The highest BCUT2D eigenvalue weighted by Gasteiger charge is 2.22. The molecule has 0 aliphatic carbocycles. The van der Waals surface area contributed by atoms with E-state index in [1.807, 2.05) is 36.4 Å². The summed E-state index contributed by atoms with van der Waals surface area (Å²) in [7, 11) is 1.31. The Kier molecular flexibility index (Phi) is 5.76. The molecule has 0 unspecified atom stereocenters. The lowest BCUT2D eigenvalue weighted by molar-refractivity contribution is -0.143. The van der Waals surface area contributed by atoms with Crippen molar-refractivity contribution in [3.63, 3.8) is 0 Å². The van der Waals surface area contributed by atoms with Gasteiger partial charge in [0.2, 0.25) is 0 Å². The Balaban J connectivity index is 2.20. The summed E-state index contributed by atoms with van der Waals surface area (Å²) in [6, 6.07) is 12.4. The van der Waals surface area contributed by atoms with Gasteiger partial charge in [0.1, 0.15) is 6.04 Å². The van der Waals surface area contributed by atoms with Gasteiger partial charge in [0.25, 0.3) is 5.91 Å². The zero-order valence-corrected chi connectivity index (χ0v) is 13.0. The molecular weight excluding hydrogens is 290 g/mol. The average molecular weight is 309 g/mol. The number of ether oxygens (including phenoxy) is 1. The van der Waals surface area contributed by atoms with Crippen LogP contribution in [-0.2, 0) is 9.53 Å². The van der Waals surface area contributed by atoms with Gasteiger partial charge in [0.05, 0.1) is 7.11 Å². The molecule has 0 bridgehead atoms. The number of esters is 1. The summed E-state index contributed by atoms with van der Waals surface area (Å²) in [6.45, 7) is 0. The van der Waals surface area contributed by atoms with Crippen LogP contribution in [0.15, 0.2) is 42.5 Å². The fourth-order valence-electron chi connectivity index (χ4n) is 2.46. The number of rotatable bonds is 6. The van der Waals surface area contributed by atoms with Crippen molar-refractivity contribution in [1.82, 2.24) is 5.32 Å². The molecule has 0 aromatic heterocycles. The normalized spacial score (nSPS) is 11.5. The van der Waals surface area contributed by atoms with Gasteiger partial charge in [-0.15, -0.1) is 12.3 Å². The molecule has 0 aliphatic heterocycles. The van der Waals surface area contributed by atoms with Crippen molar-refractivity contribution < 1.29 is 14.3 Å². The van der Waals surface area contributed by atoms with Gasteiger partial charge in [-0.05, 0) is 29.7 Å². The first-order chi connectivity index (χ1) is 11.2. The molecule has 0 saturated heterocycles. The maximum absolute atomic E-state index is 12.6. The molecule has 0 radical (unpaired) electrons. The highest BCUT2D eigenvalue weighted by molar-refractivity contribution is 6.07. The van der Waals surface area contributed by atoms with Crippen LogP contribution in [0.25, 0.3) is 10.8 Å². The van der Waals surface area contributed by atoms with Crippen molar-refractivity contribution in [3.8, 4) is 12.3 Å². The third kappa shape index (κ3) is 4.10. The highest BCUT2D eigenvalue weighted by atomic mass is 16.5. The second-order valence-corrected chi connectivity index (χ2v) is 5.17. The Hall–Kier alpha value is -2.80. The summed E-state index contributed by atoms with van der Waals surface area (Å²) in [5.74, 6) is 1.77. The summed E-state index contributed by atoms with van der Waals surface area (Å²) in [4.78, 5) is 24.4. The summed E-state index contributed by atoms with van der Waals surface area (Å²) >= 11 is 0. The fourth-order valence-corrected chi connectivity index (χ4v) is 2.46. The molecule has 2 aromatic rings. The van der Waals surface area contributed by atoms with Crippen LogP contribution < -0.4 is 5.32 Å². The average Bonchev–Trinajstić information content (AvgIpc) is 2.59. The van der Waals surface area contributed by atoms with E-state index in [0.29, 0.717) is 24.8 Å². The van der Waals surface area contributed by atoms with E-state index in [-0.39, 0.29) is 5.91 Å². The predicted octanol–water partition coefficient (Wildman–Crippen LogP) is 2.91. The number of benzene rings is 2. The fraction of sp³-hybridized carbons (Fsp3) is 0.263. The molecule has 1 atom stereocenters. The van der Waals surface area contributed by atoms with Gasteiger partial charge in [0.15, 0.2) is 0 Å². The molecule has 118 valence electrons. The lowest BCUT2D eigenvalue weighted by atomic mass is 10.0. The van der Waals surface area contributed by atoms with Crippen molar-refractivity contribution in [1.29, 1.82) is 0 Å². The van der Waals surface area contributed by atoms with Gasteiger partial charge in [-0.1, -0.05) is 36.4 Å². The lowest BCUT2D eigenvalue weighted by Crippen LogP contribution is -2.41. The molecule has 1 N–H and O–H groups in total. The second-order valence-electron chi connectivity index (χ2n) is 5.17. The lowest BCUT2D eigenvalue weighted by Gasteiger charge is -2.16. The Morgan fingerprint density at radius 1 is 1.22 bits per heavy atom. The first-order valence-electron chi connectivity index (χ1n) is 7.47. The molecule has 23 heavy (non-hydrogen) atoms. The van der Waals surface area contributed by atoms with Crippen LogP contribution in [0.5, 0.6) is 0 Å². The molecule has 0 aliphatic rings. The van der Waals surface area contributed by atoms with E-state index in [2.05, 4.69) is 11.2 Å². The summed E-state index contributed by atoms with van der Waals surface area (Å²) in [6.07, 6.45) is 6.87. The van der Waals surface area contributed by atoms with Gasteiger partial charge in [-0.3, -0.25) is 4.79 Å². The largest absolute Gasteiger partial charge is 0.467 e. The number of carbonyl (C=O) groups excluding carboxylic acids is 2. The number of hydrogen-bond donors (Lipinski definition) is 1. The zero-order chi connectivity index (χ0) is 16.7. The van der Waals surface area contributed by atoms with E-state index < -0.39 is 12.0 Å². The third-order valence-corrected chi connectivity index (χ3v) is 3.64. The number of nitrogens with one attached hydrogen (secondary N) is 1. The van der Waals surface area contributed by atoms with Crippen LogP contribution in [0, 0.1) is 12.3 Å². The van der Waals surface area contributed by atoms with E-state index in [0.717, 1.165) is 10.8 Å². The van der Waals surface area contributed by atoms with Crippen molar-refractivity contribution in [3.05, 3.63) is 48.0 Å². The molecule has 0 fully saturated rings. The van der Waals surface area contributed by atoms with Crippen molar-refractivity contribution >= 4 is 22.6 Å². The number of unbranched alkanes of at least 4 members (excludes halogenated alkanes) is 1. The zero-order valence-electron chi connectivity index (χ0n) is 13.0. The number of hydrogen-bond acceptors (Lipinski definition) is 3. The number of carbonyl (C=O) groups is 2. The maximum Gasteiger partial charge on any atom is 0.328 e. The minimum atomic E-state index is -0.695. The molecule has 2 rings (SSSR count). The maximum atomic E-state index is 12.6. The number of fused-ring (bicyclic) bond motifs is 1. The van der Waals surface area contributed by atoms with Gasteiger partial charge >= 0.3 is 5.97 Å². The monoisotopic (exact) mass is 309 g/mol. The minimum absolute atomic E-state index is 0.294. The van der Waals surface area contributed by atoms with Gasteiger partial charge in [-0.2, -0.15) is 0 Å². The quantitative estimate of drug-likeness (QED) is 0.507. The molecule has 2 aromatic carbocycles. The van der Waals surface area contributed by atoms with Crippen LogP contribution >= 0.6 is 0 Å². The van der Waals surface area contributed by atoms with Gasteiger partial charge in [-0.25, -0.2) is 4.79 Å². The summed E-state index contributed by atoms with van der Waals surface area (Å²) < 4.78 is 4.76. The summed E-state index contributed by atoms with van der Waals surface area (Å²) in [5.41, 5.74) is 0.536. The van der Waals surface area contributed by atoms with E-state index in [1.54, 1.807) is 6.07 Å². The third-order valence-electron chi connectivity index (χ3n) is 3.64. The summed E-state index contributed by atoms with van der Waals surface area (Å²) in [5, 5.41) is 4.57. The Morgan fingerprint density at radius 3 is 2.70 bits per heavy atom. The highest BCUT2D eigenvalue weighted by Crippen LogP contribution is 2.18.